The molecule has 0 aliphatic carbocycles. The number of likely N-dealkylation sites (N-methyl/N-ethyl adjacent to an activating group) is 1. The van der Waals surface area contributed by atoms with Gasteiger partial charge in [0.15, 0.2) is 0 Å². The quantitative estimate of drug-likeness (QED) is 0.829. The molecule has 1 heterocycles. The van der Waals surface area contributed by atoms with E-state index in [1.807, 2.05) is 11.7 Å². The molecule has 0 saturated heterocycles. The fourth-order valence-corrected chi connectivity index (χ4v) is 3.29. The summed E-state index contributed by atoms with van der Waals surface area (Å²) < 4.78 is 0. The average molecular weight is 274 g/mol. The van der Waals surface area contributed by atoms with Crippen LogP contribution in [0.2, 0.25) is 0 Å². The fourth-order valence-electron chi connectivity index (χ4n) is 2.63. The van der Waals surface area contributed by atoms with Gasteiger partial charge in [0.05, 0.1) is 5.51 Å². The van der Waals surface area contributed by atoms with E-state index in [1.54, 1.807) is 11.3 Å². The predicted molar refractivity (Wildman–Crippen MR) is 82.8 cm³/mol. The van der Waals surface area contributed by atoms with Gasteiger partial charge in [-0.3, -0.25) is 4.98 Å². The minimum Gasteiger partial charge on any atom is -0.313 e. The molecule has 2 atom stereocenters. The van der Waals surface area contributed by atoms with E-state index < -0.39 is 0 Å². The van der Waals surface area contributed by atoms with Crippen LogP contribution in [0.15, 0.2) is 42.0 Å². The number of benzene rings is 1. The Morgan fingerprint density at radius 2 is 2.00 bits per heavy atom. The van der Waals surface area contributed by atoms with Gasteiger partial charge in [0.25, 0.3) is 0 Å². The van der Waals surface area contributed by atoms with Crippen LogP contribution in [0.25, 0.3) is 0 Å². The third kappa shape index (κ3) is 3.88. The number of rotatable bonds is 7. The summed E-state index contributed by atoms with van der Waals surface area (Å²) in [5.41, 5.74) is 3.35. The molecule has 102 valence electrons. The zero-order valence-corrected chi connectivity index (χ0v) is 12.5. The van der Waals surface area contributed by atoms with Crippen molar-refractivity contribution < 1.29 is 0 Å². The number of hydrogen-bond donors (Lipinski definition) is 1. The Kier molecular flexibility index (Phi) is 5.55. The molecule has 0 spiro atoms. The van der Waals surface area contributed by atoms with Crippen molar-refractivity contribution in [2.75, 3.05) is 6.54 Å². The first kappa shape index (κ1) is 14.2. The molecule has 3 heteroatoms. The van der Waals surface area contributed by atoms with Crippen LogP contribution in [0.5, 0.6) is 0 Å². The number of hydrogen-bond acceptors (Lipinski definition) is 3. The summed E-state index contributed by atoms with van der Waals surface area (Å²) in [4.78, 5) is 5.55. The Bertz CT molecular complexity index is 453. The highest BCUT2D eigenvalue weighted by molar-refractivity contribution is 7.09. The Balaban J connectivity index is 2.16. The van der Waals surface area contributed by atoms with E-state index in [4.69, 9.17) is 0 Å². The van der Waals surface area contributed by atoms with Gasteiger partial charge in [-0.05, 0) is 30.9 Å². The number of nitrogens with one attached hydrogen (secondary N) is 1. The van der Waals surface area contributed by atoms with Crippen LogP contribution in [0.4, 0.5) is 0 Å². The van der Waals surface area contributed by atoms with Crippen LogP contribution in [-0.2, 0) is 6.42 Å². The molecule has 0 amide bonds. The molecule has 0 aliphatic heterocycles. The Labute approximate surface area is 119 Å². The van der Waals surface area contributed by atoms with Gasteiger partial charge in [-0.25, -0.2) is 0 Å². The van der Waals surface area contributed by atoms with Crippen LogP contribution in [-0.4, -0.2) is 17.6 Å². The summed E-state index contributed by atoms with van der Waals surface area (Å²) in [5.74, 6) is 0.559. The van der Waals surface area contributed by atoms with Crippen LogP contribution in [0.3, 0.4) is 0 Å². The van der Waals surface area contributed by atoms with Gasteiger partial charge in [0, 0.05) is 17.1 Å². The van der Waals surface area contributed by atoms with Crippen molar-refractivity contribution in [3.63, 3.8) is 0 Å². The second-order valence-electron chi connectivity index (χ2n) is 4.76. The molecule has 0 aliphatic rings. The Morgan fingerprint density at radius 3 is 2.58 bits per heavy atom. The highest BCUT2D eigenvalue weighted by Crippen LogP contribution is 2.26. The summed E-state index contributed by atoms with van der Waals surface area (Å²) in [6, 6.07) is 11.3. The summed E-state index contributed by atoms with van der Waals surface area (Å²) in [7, 11) is 0. The summed E-state index contributed by atoms with van der Waals surface area (Å²) in [6.45, 7) is 5.46. The third-order valence-corrected chi connectivity index (χ3v) is 4.33. The van der Waals surface area contributed by atoms with E-state index >= 15 is 0 Å². The van der Waals surface area contributed by atoms with Gasteiger partial charge in [0.1, 0.15) is 0 Å². The molecule has 1 N–H and O–H groups in total. The van der Waals surface area contributed by atoms with E-state index in [0.29, 0.717) is 12.0 Å². The van der Waals surface area contributed by atoms with Gasteiger partial charge in [0.2, 0.25) is 0 Å². The molecule has 2 rings (SSSR count). The second-order valence-corrected chi connectivity index (χ2v) is 5.73. The maximum Gasteiger partial charge on any atom is 0.0794 e. The van der Waals surface area contributed by atoms with E-state index in [-0.39, 0.29) is 0 Å². The molecule has 2 unspecified atom stereocenters. The van der Waals surface area contributed by atoms with Crippen molar-refractivity contribution >= 4 is 11.3 Å². The Hall–Kier alpha value is -1.19. The minimum absolute atomic E-state index is 0.484. The first-order valence-electron chi connectivity index (χ1n) is 7.00. The zero-order chi connectivity index (χ0) is 13.5. The SMILES string of the molecule is CCNC(Cc1cncs1)C(CC)c1ccccc1. The van der Waals surface area contributed by atoms with Crippen molar-refractivity contribution in [3.8, 4) is 0 Å². The normalized spacial score (nSPS) is 14.2. The van der Waals surface area contributed by atoms with E-state index in [0.717, 1.165) is 19.4 Å². The molecule has 0 fully saturated rings. The fraction of sp³-hybridized carbons (Fsp3) is 0.438. The van der Waals surface area contributed by atoms with Crippen molar-refractivity contribution in [1.82, 2.24) is 10.3 Å². The molecule has 1 aromatic heterocycles. The lowest BCUT2D eigenvalue weighted by molar-refractivity contribution is 0.430. The number of aromatic nitrogens is 1. The molecule has 0 bridgehead atoms. The molecule has 19 heavy (non-hydrogen) atoms. The zero-order valence-electron chi connectivity index (χ0n) is 11.7. The Morgan fingerprint density at radius 1 is 1.21 bits per heavy atom. The smallest absolute Gasteiger partial charge is 0.0794 e. The molecule has 0 saturated carbocycles. The topological polar surface area (TPSA) is 24.9 Å². The lowest BCUT2D eigenvalue weighted by atomic mass is 9.87. The van der Waals surface area contributed by atoms with E-state index in [2.05, 4.69) is 54.5 Å². The molecule has 0 radical (unpaired) electrons. The van der Waals surface area contributed by atoms with Gasteiger partial charge in [-0.2, -0.15) is 0 Å². The van der Waals surface area contributed by atoms with E-state index in [1.165, 1.54) is 10.4 Å². The highest BCUT2D eigenvalue weighted by atomic mass is 32.1. The van der Waals surface area contributed by atoms with E-state index in [9.17, 15) is 0 Å². The van der Waals surface area contributed by atoms with Crippen molar-refractivity contribution in [3.05, 3.63) is 52.5 Å². The van der Waals surface area contributed by atoms with Crippen LogP contribution in [0, 0.1) is 0 Å². The van der Waals surface area contributed by atoms with Crippen LogP contribution >= 0.6 is 11.3 Å². The summed E-state index contributed by atoms with van der Waals surface area (Å²) in [5, 5.41) is 3.65. The van der Waals surface area contributed by atoms with Gasteiger partial charge in [-0.15, -0.1) is 11.3 Å². The largest absolute Gasteiger partial charge is 0.313 e. The molecule has 2 aromatic rings. The lowest BCUT2D eigenvalue weighted by Crippen LogP contribution is -2.36. The molecule has 2 nitrogen and oxygen atoms in total. The first-order chi connectivity index (χ1) is 9.35. The van der Waals surface area contributed by atoms with Gasteiger partial charge in [-0.1, -0.05) is 44.2 Å². The van der Waals surface area contributed by atoms with Crippen molar-refractivity contribution in [2.24, 2.45) is 0 Å². The first-order valence-corrected chi connectivity index (χ1v) is 7.88. The molecular formula is C16H22N2S. The monoisotopic (exact) mass is 274 g/mol. The number of nitrogens with zero attached hydrogens (tertiary/aromatic N) is 1. The second kappa shape index (κ2) is 7.41. The minimum atomic E-state index is 0.484. The number of thiazole rings is 1. The molecule has 1 aromatic carbocycles. The lowest BCUT2D eigenvalue weighted by Gasteiger charge is -2.27. The molecular weight excluding hydrogens is 252 g/mol. The maximum atomic E-state index is 4.18. The summed E-state index contributed by atoms with van der Waals surface area (Å²) in [6.07, 6.45) is 4.21. The van der Waals surface area contributed by atoms with Crippen LogP contribution in [0.1, 0.15) is 36.6 Å². The van der Waals surface area contributed by atoms with Crippen molar-refractivity contribution in [1.29, 1.82) is 0 Å². The van der Waals surface area contributed by atoms with Gasteiger partial charge >= 0.3 is 0 Å². The van der Waals surface area contributed by atoms with Crippen molar-refractivity contribution in [2.45, 2.75) is 38.6 Å². The van der Waals surface area contributed by atoms with Crippen LogP contribution < -0.4 is 5.32 Å². The average Bonchev–Trinajstić information content (AvgIpc) is 2.94. The summed E-state index contributed by atoms with van der Waals surface area (Å²) >= 11 is 1.75. The predicted octanol–water partition coefficient (Wildman–Crippen LogP) is 3.86. The maximum absolute atomic E-state index is 4.18. The van der Waals surface area contributed by atoms with Gasteiger partial charge < -0.3 is 5.32 Å². The highest BCUT2D eigenvalue weighted by Gasteiger charge is 2.21. The standard InChI is InChI=1S/C16H22N2S/c1-3-15(13-8-6-5-7-9-13)16(18-4-2)10-14-11-17-12-19-14/h5-9,11-12,15-16,18H,3-4,10H2,1-2H3. The third-order valence-electron chi connectivity index (χ3n) is 3.52.